The SMILES string of the molecule is C=CCCN1C(=O)NC(=O)C(c2ccc(F)cc2)C1=O. The molecule has 4 amide bonds. The third kappa shape index (κ3) is 2.59. The molecule has 1 heterocycles. The normalized spacial score (nSPS) is 18.9. The Bertz CT molecular complexity index is 568. The van der Waals surface area contributed by atoms with Crippen LogP contribution >= 0.6 is 0 Å². The number of hydrogen-bond donors (Lipinski definition) is 1. The summed E-state index contributed by atoms with van der Waals surface area (Å²) in [6, 6.07) is 4.32. The number of imide groups is 2. The van der Waals surface area contributed by atoms with E-state index in [9.17, 15) is 18.8 Å². The number of barbiturate groups is 1. The van der Waals surface area contributed by atoms with Gasteiger partial charge in [-0.15, -0.1) is 6.58 Å². The Hall–Kier alpha value is -2.50. The van der Waals surface area contributed by atoms with E-state index >= 15 is 0 Å². The van der Waals surface area contributed by atoms with Crippen molar-refractivity contribution in [2.45, 2.75) is 12.3 Å². The molecule has 20 heavy (non-hydrogen) atoms. The second kappa shape index (κ2) is 5.64. The van der Waals surface area contributed by atoms with Gasteiger partial charge in [-0.25, -0.2) is 9.18 Å². The molecule has 1 saturated heterocycles. The van der Waals surface area contributed by atoms with Crippen molar-refractivity contribution in [2.24, 2.45) is 0 Å². The number of nitrogens with one attached hydrogen (secondary N) is 1. The summed E-state index contributed by atoms with van der Waals surface area (Å²) in [7, 11) is 0. The lowest BCUT2D eigenvalue weighted by Crippen LogP contribution is -2.56. The van der Waals surface area contributed by atoms with Crippen molar-refractivity contribution < 1.29 is 18.8 Å². The van der Waals surface area contributed by atoms with Gasteiger partial charge < -0.3 is 0 Å². The van der Waals surface area contributed by atoms with E-state index in [1.54, 1.807) is 6.08 Å². The summed E-state index contributed by atoms with van der Waals surface area (Å²) in [6.45, 7) is 3.67. The summed E-state index contributed by atoms with van der Waals surface area (Å²) in [4.78, 5) is 36.7. The summed E-state index contributed by atoms with van der Waals surface area (Å²) in [6.07, 6.45) is 2.01. The molecule has 1 unspecified atom stereocenters. The number of nitrogens with zero attached hydrogens (tertiary/aromatic N) is 1. The number of carbonyl (C=O) groups is 3. The summed E-state index contributed by atoms with van der Waals surface area (Å²) in [5.41, 5.74) is 0.352. The first-order valence-electron chi connectivity index (χ1n) is 6.07. The zero-order valence-corrected chi connectivity index (χ0v) is 10.6. The first kappa shape index (κ1) is 13.9. The number of amides is 4. The molecular weight excluding hydrogens is 263 g/mol. The van der Waals surface area contributed by atoms with E-state index in [-0.39, 0.29) is 6.54 Å². The van der Waals surface area contributed by atoms with E-state index < -0.39 is 29.6 Å². The number of benzene rings is 1. The lowest BCUT2D eigenvalue weighted by Gasteiger charge is -2.30. The summed E-state index contributed by atoms with van der Waals surface area (Å²) >= 11 is 0. The van der Waals surface area contributed by atoms with Crippen molar-refractivity contribution in [3.63, 3.8) is 0 Å². The number of hydrogen-bond acceptors (Lipinski definition) is 3. The zero-order valence-electron chi connectivity index (χ0n) is 10.6. The van der Waals surface area contributed by atoms with E-state index in [4.69, 9.17) is 0 Å². The summed E-state index contributed by atoms with van der Waals surface area (Å²) < 4.78 is 12.9. The van der Waals surface area contributed by atoms with Crippen molar-refractivity contribution in [1.29, 1.82) is 0 Å². The topological polar surface area (TPSA) is 66.5 Å². The standard InChI is InChI=1S/C14H13FN2O3/c1-2-3-8-17-13(19)11(12(18)16-14(17)20)9-4-6-10(15)7-5-9/h2,4-7,11H,1,3,8H2,(H,16,18,20). The van der Waals surface area contributed by atoms with Crippen LogP contribution in [0.3, 0.4) is 0 Å². The van der Waals surface area contributed by atoms with Crippen molar-refractivity contribution in [3.8, 4) is 0 Å². The number of halogens is 1. The van der Waals surface area contributed by atoms with Gasteiger partial charge in [0.25, 0.3) is 0 Å². The molecule has 1 aliphatic rings. The molecule has 0 aromatic heterocycles. The molecule has 104 valence electrons. The van der Waals surface area contributed by atoms with Gasteiger partial charge >= 0.3 is 6.03 Å². The molecule has 0 bridgehead atoms. The Morgan fingerprint density at radius 3 is 2.50 bits per heavy atom. The maximum Gasteiger partial charge on any atom is 0.330 e. The average Bonchev–Trinajstić information content (AvgIpc) is 2.40. The largest absolute Gasteiger partial charge is 0.330 e. The molecule has 0 spiro atoms. The minimum atomic E-state index is -1.13. The Morgan fingerprint density at radius 1 is 1.25 bits per heavy atom. The molecule has 5 nitrogen and oxygen atoms in total. The van der Waals surface area contributed by atoms with Crippen LogP contribution in [0.5, 0.6) is 0 Å². The van der Waals surface area contributed by atoms with Crippen LogP contribution in [-0.4, -0.2) is 29.3 Å². The lowest BCUT2D eigenvalue weighted by molar-refractivity contribution is -0.138. The fourth-order valence-electron chi connectivity index (χ4n) is 1.99. The predicted octanol–water partition coefficient (Wildman–Crippen LogP) is 1.56. The molecule has 0 radical (unpaired) electrons. The van der Waals surface area contributed by atoms with Gasteiger partial charge in [-0.05, 0) is 24.1 Å². The van der Waals surface area contributed by atoms with Gasteiger partial charge in [0, 0.05) is 6.54 Å². The predicted molar refractivity (Wildman–Crippen MR) is 69.2 cm³/mol. The molecule has 1 aromatic rings. The molecule has 1 aromatic carbocycles. The van der Waals surface area contributed by atoms with Crippen molar-refractivity contribution >= 4 is 17.8 Å². The fraction of sp³-hybridized carbons (Fsp3) is 0.214. The highest BCUT2D eigenvalue weighted by Crippen LogP contribution is 2.23. The number of carbonyl (C=O) groups excluding carboxylic acids is 3. The van der Waals surface area contributed by atoms with E-state index in [1.165, 1.54) is 24.3 Å². The molecule has 2 rings (SSSR count). The molecule has 1 N–H and O–H groups in total. The van der Waals surface area contributed by atoms with Crippen LogP contribution in [0.15, 0.2) is 36.9 Å². The molecular formula is C14H13FN2O3. The maximum atomic E-state index is 12.9. The quantitative estimate of drug-likeness (QED) is 0.670. The molecule has 1 aliphatic heterocycles. The Labute approximate surface area is 115 Å². The van der Waals surface area contributed by atoms with Crippen molar-refractivity contribution in [3.05, 3.63) is 48.3 Å². The highest BCUT2D eigenvalue weighted by molar-refractivity contribution is 6.19. The molecule has 6 heteroatoms. The highest BCUT2D eigenvalue weighted by atomic mass is 19.1. The Morgan fingerprint density at radius 2 is 1.90 bits per heavy atom. The summed E-state index contributed by atoms with van der Waals surface area (Å²) in [5, 5.41) is 2.13. The third-order valence-electron chi connectivity index (χ3n) is 3.01. The minimum absolute atomic E-state index is 0.152. The van der Waals surface area contributed by atoms with Gasteiger partial charge in [-0.1, -0.05) is 18.2 Å². The van der Waals surface area contributed by atoms with Crippen LogP contribution < -0.4 is 5.32 Å². The van der Waals surface area contributed by atoms with Gasteiger partial charge in [-0.3, -0.25) is 19.8 Å². The van der Waals surface area contributed by atoms with Crippen LogP contribution in [0.4, 0.5) is 9.18 Å². The van der Waals surface area contributed by atoms with Crippen molar-refractivity contribution in [1.82, 2.24) is 10.2 Å². The van der Waals surface area contributed by atoms with E-state index in [1.807, 2.05) is 0 Å². The van der Waals surface area contributed by atoms with Crippen LogP contribution in [-0.2, 0) is 9.59 Å². The Kier molecular flexibility index (Phi) is 3.93. The minimum Gasteiger partial charge on any atom is -0.277 e. The van der Waals surface area contributed by atoms with E-state index in [2.05, 4.69) is 11.9 Å². The maximum absolute atomic E-state index is 12.9. The second-order valence-corrected chi connectivity index (χ2v) is 4.35. The number of rotatable bonds is 4. The average molecular weight is 276 g/mol. The van der Waals surface area contributed by atoms with Crippen molar-refractivity contribution in [2.75, 3.05) is 6.54 Å². The molecule has 0 saturated carbocycles. The molecule has 0 aliphatic carbocycles. The van der Waals surface area contributed by atoms with E-state index in [0.717, 1.165) is 4.90 Å². The zero-order chi connectivity index (χ0) is 14.7. The summed E-state index contributed by atoms with van der Waals surface area (Å²) in [5.74, 6) is -2.89. The molecule has 1 fully saturated rings. The van der Waals surface area contributed by atoms with Gasteiger partial charge in [0.05, 0.1) is 0 Å². The van der Waals surface area contributed by atoms with Gasteiger partial charge in [-0.2, -0.15) is 0 Å². The van der Waals surface area contributed by atoms with Crippen LogP contribution in [0.2, 0.25) is 0 Å². The first-order chi connectivity index (χ1) is 9.54. The third-order valence-corrected chi connectivity index (χ3v) is 3.01. The van der Waals surface area contributed by atoms with Crippen LogP contribution in [0.25, 0.3) is 0 Å². The number of urea groups is 1. The highest BCUT2D eigenvalue weighted by Gasteiger charge is 2.40. The first-order valence-corrected chi connectivity index (χ1v) is 6.07. The van der Waals surface area contributed by atoms with E-state index in [0.29, 0.717) is 12.0 Å². The monoisotopic (exact) mass is 276 g/mol. The van der Waals surface area contributed by atoms with Gasteiger partial charge in [0.15, 0.2) is 0 Å². The fourth-order valence-corrected chi connectivity index (χ4v) is 1.99. The Balaban J connectivity index is 2.29. The smallest absolute Gasteiger partial charge is 0.277 e. The van der Waals surface area contributed by atoms with Crippen LogP contribution in [0, 0.1) is 5.82 Å². The van der Waals surface area contributed by atoms with Crippen LogP contribution in [0.1, 0.15) is 17.9 Å². The van der Waals surface area contributed by atoms with Gasteiger partial charge in [0.2, 0.25) is 11.8 Å². The van der Waals surface area contributed by atoms with Gasteiger partial charge in [0.1, 0.15) is 11.7 Å². The second-order valence-electron chi connectivity index (χ2n) is 4.35. The lowest BCUT2D eigenvalue weighted by atomic mass is 9.95. The molecule has 1 atom stereocenters.